The quantitative estimate of drug-likeness (QED) is 0.107. The van der Waals surface area contributed by atoms with Crippen molar-refractivity contribution in [2.24, 2.45) is 0 Å². The molecule has 340 valence electrons. The summed E-state index contributed by atoms with van der Waals surface area (Å²) >= 11 is 0. The molecule has 0 radical (unpaired) electrons. The van der Waals surface area contributed by atoms with E-state index < -0.39 is 8.07 Å². The zero-order valence-corrected chi connectivity index (χ0v) is 41.0. The van der Waals surface area contributed by atoms with Crippen molar-refractivity contribution in [3.8, 4) is 17.1 Å². The van der Waals surface area contributed by atoms with Gasteiger partial charge in [-0.1, -0.05) is 182 Å². The summed E-state index contributed by atoms with van der Waals surface area (Å²) in [5, 5.41) is 12.3. The fourth-order valence-corrected chi connectivity index (χ4v) is 18.0. The van der Waals surface area contributed by atoms with Gasteiger partial charge in [0, 0.05) is 49.7 Å². The molecule has 71 heavy (non-hydrogen) atoms. The van der Waals surface area contributed by atoms with E-state index in [-0.39, 0.29) is 0 Å². The van der Waals surface area contributed by atoms with Gasteiger partial charge in [0.2, 0.25) is 0 Å². The van der Waals surface area contributed by atoms with Crippen molar-refractivity contribution in [1.82, 2.24) is 13.7 Å². The zero-order chi connectivity index (χ0) is 47.0. The summed E-state index contributed by atoms with van der Waals surface area (Å²) < 4.78 is 7.52. The van der Waals surface area contributed by atoms with Crippen molar-refractivity contribution in [2.75, 3.05) is 0 Å². The average Bonchev–Trinajstić information content (AvgIpc) is 4.09. The Hall–Kier alpha value is -8.18. The Balaban J connectivity index is 0.940. The van der Waals surface area contributed by atoms with Gasteiger partial charge in [0.25, 0.3) is 0 Å². The highest BCUT2D eigenvalue weighted by atomic mass is 28.3. The van der Waals surface area contributed by atoms with Gasteiger partial charge in [-0.2, -0.15) is 0 Å². The van der Waals surface area contributed by atoms with Gasteiger partial charge in [0.15, 0.2) is 8.07 Å². The number of aryl methyl sites for hydroxylation is 1. The number of allylic oxidation sites excluding steroid dienone is 4. The van der Waals surface area contributed by atoms with Crippen molar-refractivity contribution in [3.05, 3.63) is 259 Å². The van der Waals surface area contributed by atoms with Crippen LogP contribution in [-0.4, -0.2) is 21.8 Å². The Labute approximate surface area is 415 Å². The van der Waals surface area contributed by atoms with E-state index in [1.54, 1.807) is 10.8 Å². The Bertz CT molecular complexity index is 4020. The Morgan fingerprint density at radius 1 is 0.408 bits per heavy atom. The molecule has 9 aromatic carbocycles. The van der Waals surface area contributed by atoms with E-state index in [0.717, 1.165) is 19.3 Å². The molecule has 1 unspecified atom stereocenters. The highest BCUT2D eigenvalue weighted by Gasteiger charge is 2.43. The first-order valence-corrected chi connectivity index (χ1v) is 27.5. The molecule has 3 nitrogen and oxygen atoms in total. The van der Waals surface area contributed by atoms with Crippen LogP contribution in [0.2, 0.25) is 0 Å². The number of nitrogens with zero attached hydrogens (tertiary/aromatic N) is 3. The number of rotatable bonds is 8. The fraction of sp³-hybridized carbons (Fsp3) is 0.104. The smallest absolute Gasteiger partial charge is 0.175 e. The molecule has 3 heterocycles. The van der Waals surface area contributed by atoms with E-state index >= 15 is 0 Å². The maximum Gasteiger partial charge on any atom is 0.175 e. The molecule has 4 heteroatoms. The standard InChI is InChI=1S/C67H53N3Si/c1-46-19-18-30-57-60-45-48(35-43-63(60)69(66(46)57)50-22-8-3-9-23-50)47-33-38-54(39-34-47)71(52-24-10-4-11-25-52,53-26-12-5-13-27-53)55-40-36-51(37-41-55)70-61-31-16-14-28-56(61)58-42-44-64-65(67(58)70)59-29-15-17-32-62(59)68(64)49-20-6-2-7-21-49/h2-17,20-29,31-33,35-38,40-46H,18-19,30,34,39H2,1H3. The number of fused-ring (bicyclic) bond motifs is 10. The number of benzene rings is 9. The van der Waals surface area contributed by atoms with Crippen LogP contribution in [-0.2, 0) is 6.42 Å². The summed E-state index contributed by atoms with van der Waals surface area (Å²) in [5.74, 6) is 0.531. The van der Waals surface area contributed by atoms with Crippen LogP contribution in [0.1, 0.15) is 55.3 Å². The van der Waals surface area contributed by atoms with Gasteiger partial charge >= 0.3 is 0 Å². The normalized spacial score (nSPS) is 15.1. The summed E-state index contributed by atoms with van der Waals surface area (Å²) in [6.07, 6.45) is 10.6. The lowest BCUT2D eigenvalue weighted by Gasteiger charge is -2.37. The van der Waals surface area contributed by atoms with Crippen molar-refractivity contribution < 1.29 is 0 Å². The van der Waals surface area contributed by atoms with Crippen molar-refractivity contribution >= 4 is 83.7 Å². The van der Waals surface area contributed by atoms with Crippen LogP contribution in [0.3, 0.4) is 0 Å². The summed E-state index contributed by atoms with van der Waals surface area (Å²) in [6.45, 7) is 2.42. The average molecular weight is 928 g/mol. The molecule has 1 atom stereocenters. The maximum absolute atomic E-state index is 2.79. The highest BCUT2D eigenvalue weighted by molar-refractivity contribution is 7.16. The Kier molecular flexibility index (Phi) is 9.85. The van der Waals surface area contributed by atoms with E-state index in [9.17, 15) is 0 Å². The highest BCUT2D eigenvalue weighted by Crippen LogP contribution is 2.44. The number of hydrogen-bond acceptors (Lipinski definition) is 0. The van der Waals surface area contributed by atoms with E-state index in [4.69, 9.17) is 0 Å². The first-order chi connectivity index (χ1) is 35.2. The van der Waals surface area contributed by atoms with Gasteiger partial charge in [-0.25, -0.2) is 0 Å². The van der Waals surface area contributed by atoms with Crippen LogP contribution in [0.25, 0.3) is 77.1 Å². The molecule has 0 saturated heterocycles. The predicted molar refractivity (Wildman–Crippen MR) is 303 cm³/mol. The van der Waals surface area contributed by atoms with Gasteiger partial charge in [-0.15, -0.1) is 0 Å². The molecule has 0 N–H and O–H groups in total. The third-order valence-electron chi connectivity index (χ3n) is 16.1. The molecular weight excluding hydrogens is 875 g/mol. The van der Waals surface area contributed by atoms with Crippen molar-refractivity contribution in [3.63, 3.8) is 0 Å². The Morgan fingerprint density at radius 3 is 1.62 bits per heavy atom. The zero-order valence-electron chi connectivity index (χ0n) is 40.0. The van der Waals surface area contributed by atoms with Crippen LogP contribution >= 0.6 is 0 Å². The third kappa shape index (κ3) is 6.41. The molecule has 0 bridgehead atoms. The first-order valence-electron chi connectivity index (χ1n) is 25.5. The second-order valence-electron chi connectivity index (χ2n) is 19.9. The summed E-state index contributed by atoms with van der Waals surface area (Å²) in [5.41, 5.74) is 15.6. The number of aromatic nitrogens is 3. The van der Waals surface area contributed by atoms with Gasteiger partial charge < -0.3 is 13.7 Å². The number of hydrogen-bond donors (Lipinski definition) is 0. The van der Waals surface area contributed by atoms with E-state index in [1.165, 1.54) is 117 Å². The lowest BCUT2D eigenvalue weighted by molar-refractivity contribution is 0.571. The Morgan fingerprint density at radius 2 is 0.958 bits per heavy atom. The van der Waals surface area contributed by atoms with Crippen molar-refractivity contribution in [1.29, 1.82) is 0 Å². The number of para-hydroxylation sites is 4. The minimum Gasteiger partial charge on any atom is -0.313 e. The van der Waals surface area contributed by atoms with Crippen LogP contribution in [0, 0.1) is 0 Å². The predicted octanol–water partition coefficient (Wildman–Crippen LogP) is 15.1. The van der Waals surface area contributed by atoms with Crippen LogP contribution in [0.4, 0.5) is 0 Å². The topological polar surface area (TPSA) is 14.8 Å². The molecule has 0 saturated carbocycles. The summed E-state index contributed by atoms with van der Waals surface area (Å²) in [6, 6.07) is 84.3. The van der Waals surface area contributed by atoms with E-state index in [1.807, 2.05) is 0 Å². The van der Waals surface area contributed by atoms with Crippen LogP contribution in [0.15, 0.2) is 242 Å². The minimum absolute atomic E-state index is 0.531. The molecule has 2 aliphatic carbocycles. The van der Waals surface area contributed by atoms with E-state index in [2.05, 4.69) is 257 Å². The summed E-state index contributed by atoms with van der Waals surface area (Å²) in [4.78, 5) is 0. The van der Waals surface area contributed by atoms with Crippen LogP contribution in [0.5, 0.6) is 0 Å². The van der Waals surface area contributed by atoms with Gasteiger partial charge in [0.1, 0.15) is 0 Å². The fourth-order valence-electron chi connectivity index (χ4n) is 13.0. The molecule has 14 rings (SSSR count). The molecular formula is C67H53N3Si. The molecule has 12 aromatic rings. The molecule has 2 aliphatic rings. The molecule has 0 fully saturated rings. The van der Waals surface area contributed by atoms with E-state index in [0.29, 0.717) is 5.92 Å². The maximum atomic E-state index is 2.56. The van der Waals surface area contributed by atoms with Crippen molar-refractivity contribution in [2.45, 2.75) is 44.9 Å². The minimum atomic E-state index is -2.79. The summed E-state index contributed by atoms with van der Waals surface area (Å²) in [7, 11) is -2.79. The molecule has 0 aliphatic heterocycles. The first kappa shape index (κ1) is 41.8. The largest absolute Gasteiger partial charge is 0.313 e. The van der Waals surface area contributed by atoms with Gasteiger partial charge in [0.05, 0.1) is 27.6 Å². The third-order valence-corrected chi connectivity index (χ3v) is 21.1. The van der Waals surface area contributed by atoms with Gasteiger partial charge in [-0.3, -0.25) is 0 Å². The molecule has 3 aromatic heterocycles. The second kappa shape index (κ2) is 16.8. The monoisotopic (exact) mass is 927 g/mol. The lowest BCUT2D eigenvalue weighted by Crippen LogP contribution is -2.68. The van der Waals surface area contributed by atoms with Crippen LogP contribution < -0.4 is 15.6 Å². The SMILES string of the molecule is CC1CCCc2c1n(-c1ccccc1)c1ccc(C3=CC=C([Si](c4ccccc4)(c4ccccc4)c4ccc(-n5c6ccccc6c6ccc7c(c8ccccc8n7-c7ccccc7)c65)cc4)CC3)cc21. The van der Waals surface area contributed by atoms with Gasteiger partial charge in [-0.05, 0) is 137 Å². The lowest BCUT2D eigenvalue weighted by atomic mass is 9.87. The molecule has 0 amide bonds. The second-order valence-corrected chi connectivity index (χ2v) is 23.7. The molecule has 0 spiro atoms.